The molecule has 3 heteroatoms. The van der Waals surface area contributed by atoms with E-state index < -0.39 is 0 Å². The van der Waals surface area contributed by atoms with Crippen LogP contribution in [0.4, 0.5) is 0 Å². The number of aromatic amines is 1. The number of nitrogens with one attached hydrogen (secondary N) is 2. The second-order valence-electron chi connectivity index (χ2n) is 6.31. The van der Waals surface area contributed by atoms with Crippen LogP contribution in [0.15, 0.2) is 18.2 Å². The highest BCUT2D eigenvalue weighted by atomic mass is 14.9. The molecule has 2 aromatic rings. The van der Waals surface area contributed by atoms with Crippen molar-refractivity contribution in [2.24, 2.45) is 0 Å². The molecule has 1 aliphatic carbocycles. The van der Waals surface area contributed by atoms with Gasteiger partial charge < -0.3 is 10.3 Å². The maximum absolute atomic E-state index is 4.63. The predicted octanol–water partition coefficient (Wildman–Crippen LogP) is 3.76. The number of fused-ring (bicyclic) bond motifs is 1. The van der Waals surface area contributed by atoms with Crippen molar-refractivity contribution in [3.05, 3.63) is 29.6 Å². The summed E-state index contributed by atoms with van der Waals surface area (Å²) in [6.07, 6.45) is 6.61. The van der Waals surface area contributed by atoms with Gasteiger partial charge in [0.1, 0.15) is 5.82 Å². The number of H-pyrrole nitrogens is 1. The van der Waals surface area contributed by atoms with E-state index in [2.05, 4.69) is 47.3 Å². The van der Waals surface area contributed by atoms with Gasteiger partial charge in [-0.15, -0.1) is 0 Å². The van der Waals surface area contributed by atoms with Gasteiger partial charge in [0.2, 0.25) is 0 Å². The van der Waals surface area contributed by atoms with Crippen molar-refractivity contribution < 1.29 is 0 Å². The third kappa shape index (κ3) is 3.04. The van der Waals surface area contributed by atoms with Crippen LogP contribution in [0.25, 0.3) is 11.0 Å². The first-order valence-electron chi connectivity index (χ1n) is 7.94. The average molecular weight is 271 g/mol. The highest BCUT2D eigenvalue weighted by molar-refractivity contribution is 5.76. The summed E-state index contributed by atoms with van der Waals surface area (Å²) in [6.45, 7) is 5.43. The minimum Gasteiger partial charge on any atom is -0.342 e. The van der Waals surface area contributed by atoms with Gasteiger partial charge >= 0.3 is 0 Å². The molecule has 1 fully saturated rings. The Balaban J connectivity index is 1.62. The largest absolute Gasteiger partial charge is 0.342 e. The molecule has 0 radical (unpaired) electrons. The smallest absolute Gasteiger partial charge is 0.109 e. The summed E-state index contributed by atoms with van der Waals surface area (Å²) >= 11 is 0. The fourth-order valence-corrected chi connectivity index (χ4v) is 3.06. The third-order valence-corrected chi connectivity index (χ3v) is 4.31. The van der Waals surface area contributed by atoms with Crippen LogP contribution in [-0.4, -0.2) is 22.6 Å². The van der Waals surface area contributed by atoms with E-state index in [1.807, 2.05) is 0 Å². The van der Waals surface area contributed by atoms with E-state index in [0.29, 0.717) is 5.92 Å². The van der Waals surface area contributed by atoms with E-state index >= 15 is 0 Å². The van der Waals surface area contributed by atoms with E-state index in [0.717, 1.165) is 30.3 Å². The summed E-state index contributed by atoms with van der Waals surface area (Å²) in [7, 11) is 0. The SMILES string of the molecule is CC(C)c1nc2ccc(CCNC3CCCC3)cc2[nH]1. The molecule has 1 heterocycles. The minimum atomic E-state index is 0.454. The number of imidazole rings is 1. The maximum atomic E-state index is 4.63. The normalized spacial score (nSPS) is 16.6. The molecule has 1 aromatic heterocycles. The maximum Gasteiger partial charge on any atom is 0.109 e. The molecule has 1 aliphatic rings. The van der Waals surface area contributed by atoms with Gasteiger partial charge in [0.05, 0.1) is 11.0 Å². The van der Waals surface area contributed by atoms with E-state index in [4.69, 9.17) is 0 Å². The van der Waals surface area contributed by atoms with E-state index in [1.54, 1.807) is 0 Å². The van der Waals surface area contributed by atoms with Gasteiger partial charge in [-0.1, -0.05) is 32.8 Å². The van der Waals surface area contributed by atoms with Crippen molar-refractivity contribution in [3.8, 4) is 0 Å². The summed E-state index contributed by atoms with van der Waals surface area (Å²) in [4.78, 5) is 8.06. The third-order valence-electron chi connectivity index (χ3n) is 4.31. The molecule has 0 bridgehead atoms. The fourth-order valence-electron chi connectivity index (χ4n) is 3.06. The Hall–Kier alpha value is -1.35. The van der Waals surface area contributed by atoms with Crippen molar-refractivity contribution in [1.29, 1.82) is 0 Å². The van der Waals surface area contributed by atoms with Crippen molar-refractivity contribution in [1.82, 2.24) is 15.3 Å². The van der Waals surface area contributed by atoms with E-state index in [1.165, 1.54) is 36.8 Å². The van der Waals surface area contributed by atoms with Crippen LogP contribution in [0.2, 0.25) is 0 Å². The van der Waals surface area contributed by atoms with Crippen LogP contribution in [0.3, 0.4) is 0 Å². The molecular weight excluding hydrogens is 246 g/mol. The molecule has 0 aliphatic heterocycles. The van der Waals surface area contributed by atoms with Crippen LogP contribution < -0.4 is 5.32 Å². The lowest BCUT2D eigenvalue weighted by molar-refractivity contribution is 0.528. The molecule has 108 valence electrons. The van der Waals surface area contributed by atoms with E-state index in [9.17, 15) is 0 Å². The molecule has 0 atom stereocenters. The molecule has 0 spiro atoms. The average Bonchev–Trinajstić information content (AvgIpc) is 3.06. The van der Waals surface area contributed by atoms with Gasteiger partial charge in [0.25, 0.3) is 0 Å². The fraction of sp³-hybridized carbons (Fsp3) is 0.588. The molecule has 2 N–H and O–H groups in total. The van der Waals surface area contributed by atoms with E-state index in [-0.39, 0.29) is 0 Å². The first kappa shape index (κ1) is 13.6. The Kier molecular flexibility index (Phi) is 4.06. The standard InChI is InChI=1S/C17H25N3/c1-12(2)17-19-15-8-7-13(11-16(15)20-17)9-10-18-14-5-3-4-6-14/h7-8,11-12,14,18H,3-6,9-10H2,1-2H3,(H,19,20). The Labute approximate surface area is 121 Å². The van der Waals surface area contributed by atoms with Crippen LogP contribution >= 0.6 is 0 Å². The Morgan fingerprint density at radius 3 is 2.85 bits per heavy atom. The summed E-state index contributed by atoms with van der Waals surface area (Å²) < 4.78 is 0. The Morgan fingerprint density at radius 1 is 1.30 bits per heavy atom. The van der Waals surface area contributed by atoms with Crippen LogP contribution in [0.1, 0.15) is 56.8 Å². The van der Waals surface area contributed by atoms with Gasteiger partial charge in [0, 0.05) is 12.0 Å². The van der Waals surface area contributed by atoms with Gasteiger partial charge in [-0.05, 0) is 43.5 Å². The quantitative estimate of drug-likeness (QED) is 0.869. The number of rotatable bonds is 5. The molecule has 0 saturated heterocycles. The molecule has 3 nitrogen and oxygen atoms in total. The molecule has 20 heavy (non-hydrogen) atoms. The zero-order valence-electron chi connectivity index (χ0n) is 12.6. The van der Waals surface area contributed by atoms with Crippen LogP contribution in [0.5, 0.6) is 0 Å². The molecule has 1 saturated carbocycles. The number of hydrogen-bond acceptors (Lipinski definition) is 2. The molecule has 0 unspecified atom stereocenters. The zero-order chi connectivity index (χ0) is 13.9. The summed E-state index contributed by atoms with van der Waals surface area (Å²) in [5.74, 6) is 1.54. The van der Waals surface area contributed by atoms with Gasteiger partial charge in [-0.25, -0.2) is 4.98 Å². The first-order valence-corrected chi connectivity index (χ1v) is 7.94. The predicted molar refractivity (Wildman–Crippen MR) is 84.1 cm³/mol. The lowest BCUT2D eigenvalue weighted by Gasteiger charge is -2.11. The van der Waals surface area contributed by atoms with Crippen molar-refractivity contribution >= 4 is 11.0 Å². The first-order chi connectivity index (χ1) is 9.72. The molecular formula is C17H25N3. The lowest BCUT2D eigenvalue weighted by atomic mass is 10.1. The number of benzene rings is 1. The van der Waals surface area contributed by atoms with Crippen LogP contribution in [-0.2, 0) is 6.42 Å². The zero-order valence-corrected chi connectivity index (χ0v) is 12.6. The summed E-state index contributed by atoms with van der Waals surface area (Å²) in [5, 5.41) is 3.68. The van der Waals surface area contributed by atoms with Gasteiger partial charge in [0.15, 0.2) is 0 Å². The highest BCUT2D eigenvalue weighted by Crippen LogP contribution is 2.19. The van der Waals surface area contributed by atoms with Gasteiger partial charge in [-0.3, -0.25) is 0 Å². The molecule has 1 aromatic carbocycles. The second kappa shape index (κ2) is 5.96. The molecule has 0 amide bonds. The Bertz CT molecular complexity index is 565. The van der Waals surface area contributed by atoms with Crippen molar-refractivity contribution in [2.75, 3.05) is 6.54 Å². The number of nitrogens with zero attached hydrogens (tertiary/aromatic N) is 1. The number of aromatic nitrogens is 2. The molecule has 3 rings (SSSR count). The highest BCUT2D eigenvalue weighted by Gasteiger charge is 2.13. The second-order valence-corrected chi connectivity index (χ2v) is 6.31. The Morgan fingerprint density at radius 2 is 2.10 bits per heavy atom. The topological polar surface area (TPSA) is 40.7 Å². The van der Waals surface area contributed by atoms with Crippen molar-refractivity contribution in [2.45, 2.75) is 57.9 Å². The minimum absolute atomic E-state index is 0.454. The summed E-state index contributed by atoms with van der Waals surface area (Å²) in [6, 6.07) is 7.37. The summed E-state index contributed by atoms with van der Waals surface area (Å²) in [5.41, 5.74) is 3.65. The monoisotopic (exact) mass is 271 g/mol. The van der Waals surface area contributed by atoms with Gasteiger partial charge in [-0.2, -0.15) is 0 Å². The van der Waals surface area contributed by atoms with Crippen LogP contribution in [0, 0.1) is 0 Å². The number of hydrogen-bond donors (Lipinski definition) is 2. The van der Waals surface area contributed by atoms with Crippen molar-refractivity contribution in [3.63, 3.8) is 0 Å². The lowest BCUT2D eigenvalue weighted by Crippen LogP contribution is -2.27.